The topological polar surface area (TPSA) is 102 Å². The van der Waals surface area contributed by atoms with Gasteiger partial charge in [-0.3, -0.25) is 9.69 Å². The van der Waals surface area contributed by atoms with Crippen LogP contribution in [0.4, 0.5) is 11.4 Å². The molecule has 8 nitrogen and oxygen atoms in total. The molecule has 2 saturated carbocycles. The number of anilines is 1. The number of carboxylic acid groups (broad SMARTS) is 1. The Bertz CT molecular complexity index is 1080. The maximum atomic E-state index is 12.1. The molecule has 6 rings (SSSR count). The first-order valence-corrected chi connectivity index (χ1v) is 15.4. The highest BCUT2D eigenvalue weighted by atomic mass is 16.4. The number of nitrogens with zero attached hydrogens (tertiary/aromatic N) is 4. The van der Waals surface area contributed by atoms with Crippen molar-refractivity contribution in [2.24, 2.45) is 28.6 Å². The van der Waals surface area contributed by atoms with Crippen molar-refractivity contribution in [1.29, 1.82) is 0 Å². The van der Waals surface area contributed by atoms with E-state index >= 15 is 0 Å². The molecule has 4 bridgehead atoms. The first-order valence-electron chi connectivity index (χ1n) is 15.4. The van der Waals surface area contributed by atoms with Crippen LogP contribution in [0.2, 0.25) is 0 Å². The Morgan fingerprint density at radius 2 is 1.77 bits per heavy atom. The summed E-state index contributed by atoms with van der Waals surface area (Å²) in [7, 11) is 0. The predicted molar refractivity (Wildman–Crippen MR) is 153 cm³/mol. The number of carboxylic acids is 1. The molecule has 3 N–H and O–H groups in total. The quantitative estimate of drug-likeness (QED) is 0.178. The Hall–Kier alpha value is -2.45. The smallest absolute Gasteiger partial charge is 0.326 e. The Kier molecular flexibility index (Phi) is 7.68. The molecule has 3 heterocycles. The van der Waals surface area contributed by atoms with Crippen LogP contribution in [-0.2, 0) is 9.59 Å². The van der Waals surface area contributed by atoms with Gasteiger partial charge in [-0.15, -0.1) is 0 Å². The van der Waals surface area contributed by atoms with Crippen molar-refractivity contribution in [2.75, 3.05) is 11.6 Å². The summed E-state index contributed by atoms with van der Waals surface area (Å²) in [5.74, 6) is 8.69. The number of hydrogen-bond acceptors (Lipinski definition) is 6. The maximum Gasteiger partial charge on any atom is 0.326 e. The minimum atomic E-state index is -0.912. The number of hydrogen-bond donors (Lipinski definition) is 2. The van der Waals surface area contributed by atoms with Crippen molar-refractivity contribution in [3.8, 4) is 0 Å². The molecule has 3 aliphatic heterocycles. The van der Waals surface area contributed by atoms with E-state index in [2.05, 4.69) is 11.8 Å². The van der Waals surface area contributed by atoms with Gasteiger partial charge in [-0.05, 0) is 87.7 Å². The van der Waals surface area contributed by atoms with Crippen LogP contribution in [0.5, 0.6) is 0 Å². The zero-order valence-corrected chi connectivity index (χ0v) is 23.3. The Balaban J connectivity index is 1.23. The molecule has 0 amide bonds. The van der Waals surface area contributed by atoms with E-state index in [9.17, 15) is 14.7 Å². The van der Waals surface area contributed by atoms with Crippen molar-refractivity contribution >= 4 is 29.5 Å². The molecule has 5 fully saturated rings. The molecule has 7 unspecified atom stereocenters. The van der Waals surface area contributed by atoms with Gasteiger partial charge in [-0.25, -0.2) is 15.6 Å². The number of para-hydroxylation sites is 2. The third kappa shape index (κ3) is 5.22. The molecule has 0 spiro atoms. The highest BCUT2D eigenvalue weighted by Crippen LogP contribution is 2.47. The number of carbonyl (C=O) groups is 2. The zero-order valence-electron chi connectivity index (χ0n) is 23.3. The average molecular weight is 536 g/mol. The normalized spacial score (nSPS) is 37.0. The molecule has 1 aromatic carbocycles. The number of aliphatic imine (C=N–C) groups is 1. The predicted octanol–water partition coefficient (Wildman–Crippen LogP) is 4.74. The first kappa shape index (κ1) is 26.8. The average Bonchev–Trinajstić information content (AvgIpc) is 3.43. The SMILES string of the molecule is CC1CCC2CC(N(N)c3ccccc3N=C(C=O)N3CCCC3C(=O)O)CC1N2C1CC2CCCC(C2)C1. The van der Waals surface area contributed by atoms with Gasteiger partial charge in [0.1, 0.15) is 6.04 Å². The van der Waals surface area contributed by atoms with Crippen LogP contribution in [-0.4, -0.2) is 69.8 Å². The van der Waals surface area contributed by atoms with Crippen molar-refractivity contribution in [2.45, 2.75) is 114 Å². The molecule has 8 heteroatoms. The molecule has 212 valence electrons. The zero-order chi connectivity index (χ0) is 27.1. The number of aldehydes is 1. The van der Waals surface area contributed by atoms with E-state index in [0.717, 1.165) is 42.8 Å². The number of likely N-dealkylation sites (tertiary alicyclic amines) is 1. The van der Waals surface area contributed by atoms with E-state index < -0.39 is 12.0 Å². The molecule has 5 aliphatic rings. The largest absolute Gasteiger partial charge is 0.480 e. The highest BCUT2D eigenvalue weighted by molar-refractivity contribution is 6.28. The van der Waals surface area contributed by atoms with Gasteiger partial charge < -0.3 is 15.0 Å². The Morgan fingerprint density at radius 3 is 2.51 bits per heavy atom. The van der Waals surface area contributed by atoms with Crippen LogP contribution in [0.15, 0.2) is 29.3 Å². The number of fused-ring (bicyclic) bond motifs is 4. The minimum Gasteiger partial charge on any atom is -0.480 e. The van der Waals surface area contributed by atoms with E-state index in [1.807, 2.05) is 29.3 Å². The van der Waals surface area contributed by atoms with Gasteiger partial charge in [-0.1, -0.05) is 38.3 Å². The number of rotatable bonds is 6. The molecule has 1 aromatic rings. The summed E-state index contributed by atoms with van der Waals surface area (Å²) in [6.07, 6.45) is 15.1. The summed E-state index contributed by atoms with van der Waals surface area (Å²) >= 11 is 0. The number of carbonyl (C=O) groups excluding carboxylic acids is 1. The summed E-state index contributed by atoms with van der Waals surface area (Å²) < 4.78 is 0. The molecule has 39 heavy (non-hydrogen) atoms. The third-order valence-electron chi connectivity index (χ3n) is 10.7. The molecule has 7 atom stereocenters. The lowest BCUT2D eigenvalue weighted by Gasteiger charge is -2.58. The van der Waals surface area contributed by atoms with Crippen molar-refractivity contribution in [1.82, 2.24) is 9.80 Å². The van der Waals surface area contributed by atoms with E-state index in [1.165, 1.54) is 51.4 Å². The molecular weight excluding hydrogens is 490 g/mol. The van der Waals surface area contributed by atoms with Gasteiger partial charge in [0, 0.05) is 30.7 Å². The van der Waals surface area contributed by atoms with Crippen LogP contribution in [0, 0.1) is 17.8 Å². The van der Waals surface area contributed by atoms with Crippen molar-refractivity contribution in [3.05, 3.63) is 24.3 Å². The second-order valence-electron chi connectivity index (χ2n) is 13.0. The highest BCUT2D eigenvalue weighted by Gasteiger charge is 2.48. The summed E-state index contributed by atoms with van der Waals surface area (Å²) in [6.45, 7) is 2.95. The number of nitrogens with two attached hydrogens (primary N) is 1. The van der Waals surface area contributed by atoms with E-state index in [0.29, 0.717) is 42.9 Å². The summed E-state index contributed by atoms with van der Waals surface area (Å²) in [6, 6.07) is 9.07. The number of piperidine rings is 2. The summed E-state index contributed by atoms with van der Waals surface area (Å²) in [4.78, 5) is 33.1. The van der Waals surface area contributed by atoms with Gasteiger partial charge in [0.2, 0.25) is 0 Å². The fourth-order valence-corrected chi connectivity index (χ4v) is 8.93. The molecular formula is C31H45N5O3. The van der Waals surface area contributed by atoms with Crippen LogP contribution < -0.4 is 10.9 Å². The number of amidine groups is 1. The molecule has 0 aromatic heterocycles. The van der Waals surface area contributed by atoms with Crippen LogP contribution in [0.25, 0.3) is 0 Å². The lowest BCUT2D eigenvalue weighted by atomic mass is 9.67. The lowest BCUT2D eigenvalue weighted by Crippen LogP contribution is -2.64. The third-order valence-corrected chi connectivity index (χ3v) is 10.7. The van der Waals surface area contributed by atoms with Crippen LogP contribution in [0.3, 0.4) is 0 Å². The maximum absolute atomic E-state index is 12.1. The van der Waals surface area contributed by atoms with Crippen LogP contribution in [0.1, 0.15) is 84.0 Å². The van der Waals surface area contributed by atoms with Gasteiger partial charge in [0.25, 0.3) is 0 Å². The van der Waals surface area contributed by atoms with Crippen molar-refractivity contribution < 1.29 is 14.7 Å². The van der Waals surface area contributed by atoms with E-state index in [-0.39, 0.29) is 11.9 Å². The Labute approximate surface area is 232 Å². The summed E-state index contributed by atoms with van der Waals surface area (Å²) in [5, 5.41) is 11.5. The number of benzene rings is 1. The molecule has 3 saturated heterocycles. The minimum absolute atomic E-state index is 0.170. The van der Waals surface area contributed by atoms with E-state index in [4.69, 9.17) is 10.8 Å². The second kappa shape index (κ2) is 11.2. The van der Waals surface area contributed by atoms with Crippen molar-refractivity contribution in [3.63, 3.8) is 0 Å². The Morgan fingerprint density at radius 1 is 1.00 bits per heavy atom. The first-order chi connectivity index (χ1) is 18.9. The number of aliphatic carboxylic acids is 1. The van der Waals surface area contributed by atoms with Crippen LogP contribution >= 0.6 is 0 Å². The second-order valence-corrected chi connectivity index (χ2v) is 13.0. The molecule has 0 radical (unpaired) electrons. The lowest BCUT2D eigenvalue weighted by molar-refractivity contribution is -0.140. The van der Waals surface area contributed by atoms with Gasteiger partial charge in [0.05, 0.1) is 11.4 Å². The van der Waals surface area contributed by atoms with Gasteiger partial charge in [0.15, 0.2) is 12.1 Å². The van der Waals surface area contributed by atoms with Gasteiger partial charge >= 0.3 is 5.97 Å². The fourth-order valence-electron chi connectivity index (χ4n) is 8.93. The van der Waals surface area contributed by atoms with E-state index in [1.54, 1.807) is 4.90 Å². The standard InChI is InChI=1S/C31H45N5O3/c1-20-11-12-23-17-25(18-29(20)35(23)24-15-21-6-4-7-22(14-21)16-24)36(32)27-9-3-2-8-26(27)33-30(19-37)34-13-5-10-28(34)31(38)39/h2-3,8-9,19-25,28-29H,4-7,10-18,32H2,1H3,(H,38,39). The monoisotopic (exact) mass is 535 g/mol. The summed E-state index contributed by atoms with van der Waals surface area (Å²) in [5.41, 5.74) is 1.43. The molecule has 2 aliphatic carbocycles. The number of hydrazine groups is 1. The fraction of sp³-hybridized carbons (Fsp3) is 0.710. The van der Waals surface area contributed by atoms with Gasteiger partial charge in [-0.2, -0.15) is 0 Å².